The molecule has 1 heterocycles. The average Bonchev–Trinajstić information content (AvgIpc) is 2.63. The molecule has 0 saturated heterocycles. The van der Waals surface area contributed by atoms with Gasteiger partial charge >= 0.3 is 0 Å². The van der Waals surface area contributed by atoms with Gasteiger partial charge in [0.2, 0.25) is 0 Å². The summed E-state index contributed by atoms with van der Waals surface area (Å²) >= 11 is 0. The van der Waals surface area contributed by atoms with Gasteiger partial charge in [0.25, 0.3) is 0 Å². The summed E-state index contributed by atoms with van der Waals surface area (Å²) < 4.78 is 23.9. The van der Waals surface area contributed by atoms with Crippen LogP contribution in [0.2, 0.25) is 19.6 Å². The van der Waals surface area contributed by atoms with Crippen molar-refractivity contribution in [3.05, 3.63) is 83.3 Å². The zero-order valence-electron chi connectivity index (χ0n) is 17.1. The first-order chi connectivity index (χ1) is 12.6. The van der Waals surface area contributed by atoms with Gasteiger partial charge in [-0.25, -0.2) is 4.39 Å². The summed E-state index contributed by atoms with van der Waals surface area (Å²) in [6, 6.07) is 17.1. The maximum absolute atomic E-state index is 14.7. The van der Waals surface area contributed by atoms with E-state index in [-0.39, 0.29) is 5.82 Å². The predicted molar refractivity (Wildman–Crippen MR) is 111 cm³/mol. The lowest BCUT2D eigenvalue weighted by atomic mass is 9.92. The molecule has 1 unspecified atom stereocenters. The normalized spacial score (nSPS) is 14.6. The Labute approximate surface area is 158 Å². The van der Waals surface area contributed by atoms with Crippen molar-refractivity contribution in [3.63, 3.8) is 0 Å². The van der Waals surface area contributed by atoms with E-state index in [9.17, 15) is 5.76 Å². The zero-order chi connectivity index (χ0) is 19.8. The van der Waals surface area contributed by atoms with Crippen LogP contribution in [0.3, 0.4) is 0 Å². The fourth-order valence-electron chi connectivity index (χ4n) is 3.20. The van der Waals surface area contributed by atoms with Gasteiger partial charge < -0.3 is 0 Å². The Hall–Kier alpha value is -2.26. The topological polar surface area (TPSA) is 12.9 Å². The molecule has 0 fully saturated rings. The molecule has 134 valence electrons. The maximum atomic E-state index is 14.7. The second kappa shape index (κ2) is 7.16. The molecule has 1 atom stereocenters. The minimum Gasteiger partial charge on any atom is -0.256 e. The quantitative estimate of drug-likeness (QED) is 0.526. The standard InChI is InChI=1S/C23H26FNSi/c1-16-10-9-13-19(23(16)24)21-14-20(22(15-25-21)26(3,4)5)17(2)18-11-7-6-8-12-18/h6-15,17H,1-5H3/i17D. The van der Waals surface area contributed by atoms with Gasteiger partial charge in [0.1, 0.15) is 5.82 Å². The highest BCUT2D eigenvalue weighted by Gasteiger charge is 2.25. The van der Waals surface area contributed by atoms with E-state index in [4.69, 9.17) is 0 Å². The van der Waals surface area contributed by atoms with Gasteiger partial charge in [-0.15, -0.1) is 0 Å². The van der Waals surface area contributed by atoms with E-state index in [1.54, 1.807) is 19.1 Å². The first kappa shape index (κ1) is 17.2. The number of rotatable bonds is 4. The van der Waals surface area contributed by atoms with Gasteiger partial charge in [0, 0.05) is 19.0 Å². The zero-order valence-corrected chi connectivity index (χ0v) is 17.1. The summed E-state index contributed by atoms with van der Waals surface area (Å²) in [7, 11) is -1.75. The highest BCUT2D eigenvalue weighted by atomic mass is 28.3. The Balaban J connectivity index is 2.26. The molecule has 2 aromatic carbocycles. The van der Waals surface area contributed by atoms with Crippen molar-refractivity contribution in [2.75, 3.05) is 0 Å². The van der Waals surface area contributed by atoms with Crippen molar-refractivity contribution in [1.82, 2.24) is 4.98 Å². The first-order valence-corrected chi connectivity index (χ1v) is 12.4. The molecule has 0 aliphatic carbocycles. The van der Waals surface area contributed by atoms with Crippen LogP contribution < -0.4 is 5.19 Å². The van der Waals surface area contributed by atoms with Gasteiger partial charge in [-0.1, -0.05) is 69.0 Å². The molecule has 0 spiro atoms. The Bertz CT molecular complexity index is 962. The SMILES string of the molecule is [2H]C(C)(c1ccccc1)c1cc(-c2cccc(C)c2F)ncc1[Si](C)(C)C. The summed E-state index contributed by atoms with van der Waals surface area (Å²) in [5.74, 6) is -1.18. The van der Waals surface area contributed by atoms with E-state index in [0.29, 0.717) is 16.8 Å². The van der Waals surface area contributed by atoms with Crippen LogP contribution in [0, 0.1) is 12.7 Å². The fourth-order valence-corrected chi connectivity index (χ4v) is 4.72. The van der Waals surface area contributed by atoms with Gasteiger partial charge in [0.05, 0.1) is 13.8 Å². The Morgan fingerprint density at radius 1 is 1.04 bits per heavy atom. The van der Waals surface area contributed by atoms with Gasteiger partial charge in [-0.2, -0.15) is 0 Å². The van der Waals surface area contributed by atoms with Crippen molar-refractivity contribution in [1.29, 1.82) is 0 Å². The van der Waals surface area contributed by atoms with Crippen molar-refractivity contribution < 1.29 is 5.76 Å². The van der Waals surface area contributed by atoms with Crippen LogP contribution in [0.1, 0.15) is 30.9 Å². The molecule has 1 aromatic heterocycles. The average molecular weight is 365 g/mol. The third-order valence-corrected chi connectivity index (χ3v) is 6.80. The van der Waals surface area contributed by atoms with E-state index < -0.39 is 14.0 Å². The molecule has 0 N–H and O–H groups in total. The molecule has 0 aliphatic heterocycles. The lowest BCUT2D eigenvalue weighted by Gasteiger charge is -2.25. The Morgan fingerprint density at radius 2 is 1.73 bits per heavy atom. The van der Waals surface area contributed by atoms with E-state index in [2.05, 4.69) is 24.6 Å². The van der Waals surface area contributed by atoms with E-state index in [0.717, 1.165) is 16.3 Å². The number of nitrogens with zero attached hydrogens (tertiary/aromatic N) is 1. The molecule has 3 heteroatoms. The lowest BCUT2D eigenvalue weighted by Crippen LogP contribution is -2.41. The van der Waals surface area contributed by atoms with Gasteiger partial charge in [-0.05, 0) is 40.9 Å². The minimum atomic E-state index is -1.75. The van der Waals surface area contributed by atoms with Crippen molar-refractivity contribution in [3.8, 4) is 11.3 Å². The smallest absolute Gasteiger partial charge is 0.135 e. The molecule has 3 rings (SSSR count). The highest BCUT2D eigenvalue weighted by molar-refractivity contribution is 6.89. The number of halogens is 1. The number of pyridine rings is 1. The molecule has 1 nitrogen and oxygen atoms in total. The molecule has 0 bridgehead atoms. The van der Waals surface area contributed by atoms with Gasteiger partial charge in [-0.3, -0.25) is 4.98 Å². The molecule has 0 saturated carbocycles. The molecule has 0 amide bonds. The van der Waals surface area contributed by atoms with Crippen molar-refractivity contribution >= 4 is 13.3 Å². The second-order valence-corrected chi connectivity index (χ2v) is 12.8. The van der Waals surface area contributed by atoms with Crippen LogP contribution in [-0.2, 0) is 0 Å². The van der Waals surface area contributed by atoms with Crippen LogP contribution in [-0.4, -0.2) is 13.1 Å². The number of hydrogen-bond acceptors (Lipinski definition) is 1. The molecular weight excluding hydrogens is 337 g/mol. The van der Waals surface area contributed by atoms with Crippen molar-refractivity contribution in [2.45, 2.75) is 39.4 Å². The fraction of sp³-hybridized carbons (Fsp3) is 0.261. The lowest BCUT2D eigenvalue weighted by molar-refractivity contribution is 0.621. The number of benzene rings is 2. The van der Waals surface area contributed by atoms with E-state index >= 15 is 0 Å². The van der Waals surface area contributed by atoms with E-state index in [1.165, 1.54) is 0 Å². The highest BCUT2D eigenvalue weighted by Crippen LogP contribution is 2.29. The maximum Gasteiger partial charge on any atom is 0.135 e. The molecule has 26 heavy (non-hydrogen) atoms. The summed E-state index contributed by atoms with van der Waals surface area (Å²) in [6.07, 6.45) is 1.87. The van der Waals surface area contributed by atoms with Gasteiger partial charge in [0.15, 0.2) is 0 Å². The van der Waals surface area contributed by atoms with Crippen LogP contribution >= 0.6 is 0 Å². The monoisotopic (exact) mass is 364 g/mol. The van der Waals surface area contributed by atoms with Crippen LogP contribution in [0.5, 0.6) is 0 Å². The number of aryl methyl sites for hydroxylation is 1. The van der Waals surface area contributed by atoms with Crippen LogP contribution in [0.25, 0.3) is 11.3 Å². The summed E-state index contributed by atoms with van der Waals surface area (Å²) in [4.78, 5) is 4.60. The first-order valence-electron chi connectivity index (χ1n) is 9.44. The summed E-state index contributed by atoms with van der Waals surface area (Å²) in [5, 5.41) is 1.14. The molecule has 0 aliphatic rings. The Morgan fingerprint density at radius 3 is 2.38 bits per heavy atom. The van der Waals surface area contributed by atoms with Crippen molar-refractivity contribution in [2.24, 2.45) is 0 Å². The second-order valence-electron chi connectivity index (χ2n) is 7.79. The minimum absolute atomic E-state index is 0.247. The van der Waals surface area contributed by atoms with Crippen LogP contribution in [0.4, 0.5) is 4.39 Å². The number of aromatic nitrogens is 1. The molecule has 3 aromatic rings. The third-order valence-electron chi connectivity index (χ3n) is 4.79. The van der Waals surface area contributed by atoms with Crippen LogP contribution in [0.15, 0.2) is 60.8 Å². The summed E-state index contributed by atoms with van der Waals surface area (Å²) in [6.45, 7) is 10.4. The summed E-state index contributed by atoms with van der Waals surface area (Å²) in [5.41, 5.74) is 3.51. The molecular formula is C23H26FNSi. The molecule has 0 radical (unpaired) electrons. The number of hydrogen-bond donors (Lipinski definition) is 0. The largest absolute Gasteiger partial charge is 0.256 e. The Kier molecular flexibility index (Phi) is 4.73. The van der Waals surface area contributed by atoms with E-state index in [1.807, 2.05) is 55.6 Å². The third kappa shape index (κ3) is 3.63. The predicted octanol–water partition coefficient (Wildman–Crippen LogP) is 5.89.